The molecule has 1 aromatic rings. The minimum atomic E-state index is -1.82. The molecule has 0 saturated heterocycles. The van der Waals surface area contributed by atoms with Gasteiger partial charge in [0.15, 0.2) is 0 Å². The summed E-state index contributed by atoms with van der Waals surface area (Å²) in [6, 6.07) is 8.14. The quantitative estimate of drug-likeness (QED) is 0.317. The molecule has 0 atom stereocenters. The van der Waals surface area contributed by atoms with Gasteiger partial charge in [0.25, 0.3) is 0 Å². The van der Waals surface area contributed by atoms with Crippen LogP contribution in [0.4, 0.5) is 0 Å². The minimum Gasteiger partial charge on any atom is -0.493 e. The molecule has 0 bridgehead atoms. The highest BCUT2D eigenvalue weighted by Gasteiger charge is 2.04. The van der Waals surface area contributed by atoms with E-state index in [4.69, 9.17) is 29.3 Å². The lowest BCUT2D eigenvalue weighted by atomic mass is 10.1. The fourth-order valence-corrected chi connectivity index (χ4v) is 1.81. The molecule has 25 heavy (non-hydrogen) atoms. The number of carboxylic acid groups (broad SMARTS) is 2. The Hall–Kier alpha value is -2.38. The van der Waals surface area contributed by atoms with Crippen LogP contribution >= 0.6 is 0 Å². The number of rotatable bonds is 11. The van der Waals surface area contributed by atoms with E-state index in [-0.39, 0.29) is 0 Å². The molecule has 0 aliphatic carbocycles. The number of para-hydroxylation sites is 1. The molecular formula is C18H27NO6. The van der Waals surface area contributed by atoms with Crippen LogP contribution in [0, 0.1) is 0 Å². The Labute approximate surface area is 148 Å². The summed E-state index contributed by atoms with van der Waals surface area (Å²) in [4.78, 5) is 18.2. The van der Waals surface area contributed by atoms with Gasteiger partial charge in [-0.15, -0.1) is 6.58 Å². The number of methoxy groups -OCH3 is 1. The van der Waals surface area contributed by atoms with Gasteiger partial charge in [-0.05, 0) is 44.0 Å². The summed E-state index contributed by atoms with van der Waals surface area (Å²) in [6.45, 7) is 7.31. The number of benzene rings is 1. The smallest absolute Gasteiger partial charge is 0.414 e. The van der Waals surface area contributed by atoms with Gasteiger partial charge < -0.3 is 25.0 Å². The molecular weight excluding hydrogens is 326 g/mol. The number of hydrogen-bond acceptors (Lipinski definition) is 5. The van der Waals surface area contributed by atoms with Gasteiger partial charge in [0.05, 0.1) is 6.61 Å². The van der Waals surface area contributed by atoms with E-state index in [1.54, 1.807) is 7.11 Å². The number of nitrogens with one attached hydrogen (secondary N) is 1. The zero-order chi connectivity index (χ0) is 18.9. The third-order valence-electron chi connectivity index (χ3n) is 2.98. The maximum absolute atomic E-state index is 9.10. The average Bonchev–Trinajstić information content (AvgIpc) is 2.59. The molecule has 0 amide bonds. The summed E-state index contributed by atoms with van der Waals surface area (Å²) >= 11 is 0. The van der Waals surface area contributed by atoms with Crippen LogP contribution in [-0.4, -0.2) is 55.6 Å². The summed E-state index contributed by atoms with van der Waals surface area (Å²) in [6.07, 6.45) is 4.82. The number of carbonyl (C=O) groups is 2. The van der Waals surface area contributed by atoms with E-state index in [1.165, 1.54) is 5.56 Å². The molecule has 0 spiro atoms. The first-order valence-corrected chi connectivity index (χ1v) is 8.00. The second-order valence-corrected chi connectivity index (χ2v) is 5.01. The van der Waals surface area contributed by atoms with Crippen molar-refractivity contribution < 1.29 is 29.3 Å². The summed E-state index contributed by atoms with van der Waals surface area (Å²) in [5.74, 6) is -2.67. The van der Waals surface area contributed by atoms with E-state index >= 15 is 0 Å². The van der Waals surface area contributed by atoms with Gasteiger partial charge in [0.2, 0.25) is 0 Å². The van der Waals surface area contributed by atoms with Crippen LogP contribution in [0.1, 0.15) is 18.4 Å². The lowest BCUT2D eigenvalue weighted by molar-refractivity contribution is -0.159. The van der Waals surface area contributed by atoms with Crippen LogP contribution in [-0.2, 0) is 20.7 Å². The standard InChI is InChI=1S/C16H25NO2.C2H2O4/c1-3-8-15-9-4-5-10-16(15)19-14-7-12-17-11-6-13-18-2;3-1(4)2(5)6/h3-5,9-10,17H,1,6-8,11-14H2,2H3;(H,3,4)(H,5,6). The monoisotopic (exact) mass is 353 g/mol. The Bertz CT molecular complexity index is 506. The Balaban J connectivity index is 0.000000823. The Morgan fingerprint density at radius 1 is 1.12 bits per heavy atom. The molecule has 0 saturated carbocycles. The molecule has 0 unspecified atom stereocenters. The third kappa shape index (κ3) is 12.7. The Kier molecular flexibility index (Phi) is 13.7. The first-order valence-electron chi connectivity index (χ1n) is 8.00. The molecule has 0 aromatic heterocycles. The molecule has 0 aliphatic rings. The van der Waals surface area contributed by atoms with Crippen LogP contribution in [0.2, 0.25) is 0 Å². The van der Waals surface area contributed by atoms with E-state index in [9.17, 15) is 0 Å². The third-order valence-corrected chi connectivity index (χ3v) is 2.98. The highest BCUT2D eigenvalue weighted by molar-refractivity contribution is 6.27. The molecule has 1 aromatic carbocycles. The summed E-state index contributed by atoms with van der Waals surface area (Å²) in [5.41, 5.74) is 1.20. The molecule has 0 fully saturated rings. The van der Waals surface area contributed by atoms with E-state index in [0.717, 1.165) is 51.3 Å². The van der Waals surface area contributed by atoms with Gasteiger partial charge in [-0.1, -0.05) is 24.3 Å². The van der Waals surface area contributed by atoms with Crippen LogP contribution in [0.25, 0.3) is 0 Å². The molecule has 140 valence electrons. The molecule has 0 radical (unpaired) electrons. The Morgan fingerprint density at radius 3 is 2.28 bits per heavy atom. The minimum absolute atomic E-state index is 0.742. The zero-order valence-electron chi connectivity index (χ0n) is 14.6. The largest absolute Gasteiger partial charge is 0.493 e. The predicted octanol–water partition coefficient (Wildman–Crippen LogP) is 1.97. The van der Waals surface area contributed by atoms with Gasteiger partial charge in [-0.2, -0.15) is 0 Å². The van der Waals surface area contributed by atoms with Crippen molar-refractivity contribution in [3.8, 4) is 5.75 Å². The van der Waals surface area contributed by atoms with Crippen LogP contribution in [0.3, 0.4) is 0 Å². The molecule has 0 heterocycles. The predicted molar refractivity (Wildman–Crippen MR) is 95.1 cm³/mol. The Morgan fingerprint density at radius 2 is 1.72 bits per heavy atom. The second kappa shape index (κ2) is 15.2. The van der Waals surface area contributed by atoms with Crippen molar-refractivity contribution in [1.29, 1.82) is 0 Å². The lowest BCUT2D eigenvalue weighted by Crippen LogP contribution is -2.19. The summed E-state index contributed by atoms with van der Waals surface area (Å²) in [5, 5.41) is 18.2. The SMILES string of the molecule is C=CCc1ccccc1OCCCNCCCOC.O=C(O)C(=O)O. The second-order valence-electron chi connectivity index (χ2n) is 5.01. The van der Waals surface area contributed by atoms with Crippen LogP contribution < -0.4 is 10.1 Å². The van der Waals surface area contributed by atoms with Crippen molar-refractivity contribution in [3.63, 3.8) is 0 Å². The number of aliphatic carboxylic acids is 2. The summed E-state index contributed by atoms with van der Waals surface area (Å²) < 4.78 is 10.8. The first-order chi connectivity index (χ1) is 12.0. The molecule has 7 heteroatoms. The maximum Gasteiger partial charge on any atom is 0.414 e. The van der Waals surface area contributed by atoms with E-state index in [2.05, 4.69) is 18.0 Å². The van der Waals surface area contributed by atoms with Crippen LogP contribution in [0.15, 0.2) is 36.9 Å². The van der Waals surface area contributed by atoms with Crippen molar-refractivity contribution in [1.82, 2.24) is 5.32 Å². The highest BCUT2D eigenvalue weighted by atomic mass is 16.5. The zero-order valence-corrected chi connectivity index (χ0v) is 14.6. The van der Waals surface area contributed by atoms with Crippen molar-refractivity contribution in [3.05, 3.63) is 42.5 Å². The molecule has 1 rings (SSSR count). The molecule has 7 nitrogen and oxygen atoms in total. The fraction of sp³-hybridized carbons (Fsp3) is 0.444. The van der Waals surface area contributed by atoms with E-state index in [0.29, 0.717) is 0 Å². The van der Waals surface area contributed by atoms with Gasteiger partial charge >= 0.3 is 11.9 Å². The highest BCUT2D eigenvalue weighted by Crippen LogP contribution is 2.18. The van der Waals surface area contributed by atoms with Gasteiger partial charge in [-0.3, -0.25) is 0 Å². The van der Waals surface area contributed by atoms with Gasteiger partial charge in [-0.25, -0.2) is 9.59 Å². The first kappa shape index (κ1) is 22.6. The molecule has 0 aliphatic heterocycles. The van der Waals surface area contributed by atoms with E-state index in [1.807, 2.05) is 24.3 Å². The maximum atomic E-state index is 9.10. The fourth-order valence-electron chi connectivity index (χ4n) is 1.81. The lowest BCUT2D eigenvalue weighted by Gasteiger charge is -2.10. The number of ether oxygens (including phenoxy) is 2. The number of carboxylic acids is 2. The van der Waals surface area contributed by atoms with Crippen LogP contribution in [0.5, 0.6) is 5.75 Å². The average molecular weight is 353 g/mol. The topological polar surface area (TPSA) is 105 Å². The van der Waals surface area contributed by atoms with Crippen molar-refractivity contribution in [2.24, 2.45) is 0 Å². The molecule has 3 N–H and O–H groups in total. The van der Waals surface area contributed by atoms with Crippen molar-refractivity contribution in [2.45, 2.75) is 19.3 Å². The van der Waals surface area contributed by atoms with E-state index < -0.39 is 11.9 Å². The van der Waals surface area contributed by atoms with Gasteiger partial charge in [0.1, 0.15) is 5.75 Å². The summed E-state index contributed by atoms with van der Waals surface area (Å²) in [7, 11) is 1.73. The van der Waals surface area contributed by atoms with Crippen molar-refractivity contribution >= 4 is 11.9 Å². The number of allylic oxidation sites excluding steroid dienone is 1. The number of hydrogen-bond donors (Lipinski definition) is 3. The normalized spacial score (nSPS) is 9.64. The van der Waals surface area contributed by atoms with Crippen molar-refractivity contribution in [2.75, 3.05) is 33.4 Å². The van der Waals surface area contributed by atoms with Gasteiger partial charge in [0, 0.05) is 13.7 Å².